The Kier molecular flexibility index (Phi) is 6.37. The average molecular weight is 399 g/mol. The molecule has 134 valence electrons. The first kappa shape index (κ1) is 19.6. The minimum Gasteiger partial charge on any atom is -0.323 e. The molecule has 0 bridgehead atoms. The minimum absolute atomic E-state index is 0.331. The number of hydrogen-bond acceptors (Lipinski definition) is 4. The Hall–Kier alpha value is -1.70. The molecule has 0 aliphatic rings. The molecule has 0 radical (unpaired) electrons. The fourth-order valence-corrected chi connectivity index (χ4v) is 3.95. The number of benzene rings is 2. The summed E-state index contributed by atoms with van der Waals surface area (Å²) in [5, 5.41) is 3.21. The van der Waals surface area contributed by atoms with Crippen LogP contribution in [-0.2, 0) is 14.8 Å². The lowest BCUT2D eigenvalue weighted by Crippen LogP contribution is -2.38. The van der Waals surface area contributed by atoms with Crippen LogP contribution in [0.3, 0.4) is 0 Å². The van der Waals surface area contributed by atoms with Crippen molar-refractivity contribution in [3.05, 3.63) is 53.1 Å². The van der Waals surface area contributed by atoms with Crippen molar-refractivity contribution in [1.29, 1.82) is 0 Å². The highest BCUT2D eigenvalue weighted by atomic mass is 35.5. The summed E-state index contributed by atoms with van der Waals surface area (Å²) in [6.45, 7) is 1.39. The van der Waals surface area contributed by atoms with Gasteiger partial charge in [-0.2, -0.15) is 0 Å². The van der Waals surface area contributed by atoms with Crippen molar-refractivity contribution < 1.29 is 13.2 Å². The Bertz CT molecular complexity index is 885. The number of carbonyl (C=O) groups excluding carboxylic acids is 1. The van der Waals surface area contributed by atoms with Crippen LogP contribution in [0.5, 0.6) is 0 Å². The lowest BCUT2D eigenvalue weighted by Gasteiger charge is -2.24. The number of anilines is 2. The Morgan fingerprint density at radius 2 is 1.88 bits per heavy atom. The number of rotatable bonds is 6. The standard InChI is InChI=1S/C17H19ClN2O3S2/c1-12-13(18)7-6-9-15(12)20(25(3,22)23)11-17(21)19-14-8-4-5-10-16(14)24-2/h4-10H,11H2,1-3H3,(H,19,21). The molecule has 0 fully saturated rings. The highest BCUT2D eigenvalue weighted by Gasteiger charge is 2.23. The fourth-order valence-electron chi connectivity index (χ4n) is 2.32. The van der Waals surface area contributed by atoms with E-state index in [4.69, 9.17) is 11.6 Å². The molecule has 2 aromatic rings. The molecule has 0 aliphatic carbocycles. The second kappa shape index (κ2) is 8.12. The molecule has 0 spiro atoms. The van der Waals surface area contributed by atoms with E-state index in [0.29, 0.717) is 22.0 Å². The highest BCUT2D eigenvalue weighted by molar-refractivity contribution is 7.98. The van der Waals surface area contributed by atoms with Crippen molar-refractivity contribution in [2.45, 2.75) is 11.8 Å². The van der Waals surface area contributed by atoms with Gasteiger partial charge in [0.05, 0.1) is 17.6 Å². The van der Waals surface area contributed by atoms with E-state index in [1.165, 1.54) is 11.8 Å². The molecular weight excluding hydrogens is 380 g/mol. The van der Waals surface area contributed by atoms with Crippen molar-refractivity contribution >= 4 is 50.7 Å². The minimum atomic E-state index is -3.65. The number of hydrogen-bond donors (Lipinski definition) is 1. The zero-order valence-electron chi connectivity index (χ0n) is 14.1. The molecule has 2 rings (SSSR count). The molecule has 8 heteroatoms. The Morgan fingerprint density at radius 3 is 2.52 bits per heavy atom. The van der Waals surface area contributed by atoms with Crippen LogP contribution in [-0.4, -0.2) is 33.4 Å². The third-order valence-corrected chi connectivity index (χ3v) is 5.91. The first-order valence-electron chi connectivity index (χ1n) is 7.39. The number of sulfonamides is 1. The second-order valence-electron chi connectivity index (χ2n) is 5.40. The summed E-state index contributed by atoms with van der Waals surface area (Å²) in [5.41, 5.74) is 1.64. The number of para-hydroxylation sites is 1. The van der Waals surface area contributed by atoms with Crippen LogP contribution in [0, 0.1) is 6.92 Å². The van der Waals surface area contributed by atoms with Gasteiger partial charge in [0.2, 0.25) is 15.9 Å². The van der Waals surface area contributed by atoms with E-state index < -0.39 is 15.9 Å². The number of carbonyl (C=O) groups is 1. The van der Waals surface area contributed by atoms with Gasteiger partial charge in [-0.1, -0.05) is 29.8 Å². The molecule has 0 saturated carbocycles. The van der Waals surface area contributed by atoms with Gasteiger partial charge >= 0.3 is 0 Å². The lowest BCUT2D eigenvalue weighted by molar-refractivity contribution is -0.114. The van der Waals surface area contributed by atoms with Crippen LogP contribution >= 0.6 is 23.4 Å². The number of nitrogens with one attached hydrogen (secondary N) is 1. The van der Waals surface area contributed by atoms with Gasteiger partial charge in [-0.3, -0.25) is 9.10 Å². The topological polar surface area (TPSA) is 66.5 Å². The molecule has 0 aromatic heterocycles. The summed E-state index contributed by atoms with van der Waals surface area (Å²) in [6, 6.07) is 12.3. The van der Waals surface area contributed by atoms with Crippen molar-refractivity contribution in [2.75, 3.05) is 28.7 Å². The Morgan fingerprint density at radius 1 is 1.20 bits per heavy atom. The maximum atomic E-state index is 12.4. The zero-order chi connectivity index (χ0) is 18.6. The predicted molar refractivity (Wildman–Crippen MR) is 105 cm³/mol. The smallest absolute Gasteiger partial charge is 0.245 e. The monoisotopic (exact) mass is 398 g/mol. The van der Waals surface area contributed by atoms with Gasteiger partial charge in [0.1, 0.15) is 6.54 Å². The van der Waals surface area contributed by atoms with Gasteiger partial charge in [0.25, 0.3) is 0 Å². The van der Waals surface area contributed by atoms with Gasteiger partial charge in [-0.15, -0.1) is 11.8 Å². The van der Waals surface area contributed by atoms with E-state index in [2.05, 4.69) is 5.32 Å². The van der Waals surface area contributed by atoms with Crippen molar-refractivity contribution in [3.63, 3.8) is 0 Å². The van der Waals surface area contributed by atoms with Crippen LogP contribution in [0.15, 0.2) is 47.4 Å². The highest BCUT2D eigenvalue weighted by Crippen LogP contribution is 2.29. The molecule has 5 nitrogen and oxygen atoms in total. The summed E-state index contributed by atoms with van der Waals surface area (Å²) in [4.78, 5) is 13.4. The molecule has 0 unspecified atom stereocenters. The lowest BCUT2D eigenvalue weighted by atomic mass is 10.2. The van der Waals surface area contributed by atoms with Gasteiger partial charge in [0.15, 0.2) is 0 Å². The van der Waals surface area contributed by atoms with Crippen LogP contribution < -0.4 is 9.62 Å². The van der Waals surface area contributed by atoms with E-state index >= 15 is 0 Å². The summed E-state index contributed by atoms with van der Waals surface area (Å²) in [6.07, 6.45) is 2.97. The molecule has 2 aromatic carbocycles. The van der Waals surface area contributed by atoms with Crippen LogP contribution in [0.25, 0.3) is 0 Å². The molecule has 0 atom stereocenters. The third kappa shape index (κ3) is 4.90. The summed E-state index contributed by atoms with van der Waals surface area (Å²) in [5.74, 6) is -0.425. The quantitative estimate of drug-likeness (QED) is 0.752. The van der Waals surface area contributed by atoms with Crippen LogP contribution in [0.2, 0.25) is 5.02 Å². The normalized spacial score (nSPS) is 11.2. The van der Waals surface area contributed by atoms with E-state index in [1.807, 2.05) is 24.5 Å². The van der Waals surface area contributed by atoms with Crippen molar-refractivity contribution in [2.24, 2.45) is 0 Å². The first-order chi connectivity index (χ1) is 11.7. The maximum Gasteiger partial charge on any atom is 0.245 e. The van der Waals surface area contributed by atoms with Crippen LogP contribution in [0.4, 0.5) is 11.4 Å². The van der Waals surface area contributed by atoms with Crippen molar-refractivity contribution in [1.82, 2.24) is 0 Å². The summed E-state index contributed by atoms with van der Waals surface area (Å²) >= 11 is 7.59. The summed E-state index contributed by atoms with van der Waals surface area (Å²) in [7, 11) is -3.65. The molecule has 0 aliphatic heterocycles. The largest absolute Gasteiger partial charge is 0.323 e. The Balaban J connectivity index is 2.29. The average Bonchev–Trinajstić information content (AvgIpc) is 2.55. The van der Waals surface area contributed by atoms with E-state index in [-0.39, 0.29) is 6.54 Å². The molecular formula is C17H19ClN2O3S2. The first-order valence-corrected chi connectivity index (χ1v) is 10.8. The summed E-state index contributed by atoms with van der Waals surface area (Å²) < 4.78 is 25.5. The number of amides is 1. The van der Waals surface area contributed by atoms with E-state index in [9.17, 15) is 13.2 Å². The number of nitrogens with zero attached hydrogens (tertiary/aromatic N) is 1. The molecule has 0 heterocycles. The van der Waals surface area contributed by atoms with Gasteiger partial charge in [-0.05, 0) is 43.0 Å². The second-order valence-corrected chi connectivity index (χ2v) is 8.56. The van der Waals surface area contributed by atoms with E-state index in [0.717, 1.165) is 15.5 Å². The predicted octanol–water partition coefficient (Wildman–Crippen LogP) is 3.78. The van der Waals surface area contributed by atoms with Gasteiger partial charge < -0.3 is 5.32 Å². The van der Waals surface area contributed by atoms with Crippen molar-refractivity contribution in [3.8, 4) is 0 Å². The van der Waals surface area contributed by atoms with Crippen LogP contribution in [0.1, 0.15) is 5.56 Å². The fraction of sp³-hybridized carbons (Fsp3) is 0.235. The third-order valence-electron chi connectivity index (χ3n) is 3.58. The van der Waals surface area contributed by atoms with Gasteiger partial charge in [-0.25, -0.2) is 8.42 Å². The van der Waals surface area contributed by atoms with Gasteiger partial charge in [0, 0.05) is 9.92 Å². The SMILES string of the molecule is CSc1ccccc1NC(=O)CN(c1cccc(Cl)c1C)S(C)(=O)=O. The van der Waals surface area contributed by atoms with E-state index in [1.54, 1.807) is 31.2 Å². The molecule has 0 saturated heterocycles. The molecule has 25 heavy (non-hydrogen) atoms. The number of thioether (sulfide) groups is 1. The molecule has 1 N–H and O–H groups in total. The maximum absolute atomic E-state index is 12.4. The Labute approximate surface area is 157 Å². The molecule has 1 amide bonds. The zero-order valence-corrected chi connectivity index (χ0v) is 16.5. The number of halogens is 1.